The number of rotatable bonds is 3. The van der Waals surface area contributed by atoms with Crippen LogP contribution in [0.15, 0.2) is 60.7 Å². The Bertz CT molecular complexity index is 1090. The van der Waals surface area contributed by atoms with E-state index in [0.29, 0.717) is 5.92 Å². The molecule has 4 nitrogen and oxygen atoms in total. The standard InChI is InChI=1S/C26H27NO3/c1-29-18-12-13-20-21-11-6-14-27(24(21)16-25(30-2)23(20)15-18)26(28)22-10-5-8-17-7-3-4-9-19(17)22/h3-5,7-10,12-13,15,21,24-25H,6,11,14,16H2,1-2H3/t21-,24-,25?/m1/s1. The van der Waals surface area contributed by atoms with E-state index in [9.17, 15) is 4.79 Å². The van der Waals surface area contributed by atoms with Gasteiger partial charge in [0.2, 0.25) is 0 Å². The Morgan fingerprint density at radius 3 is 2.67 bits per heavy atom. The minimum absolute atomic E-state index is 0.0303. The fourth-order valence-corrected chi connectivity index (χ4v) is 5.40. The number of hydrogen-bond donors (Lipinski definition) is 0. The lowest BCUT2D eigenvalue weighted by Gasteiger charge is -2.47. The largest absolute Gasteiger partial charge is 0.497 e. The number of carbonyl (C=O) groups excluding carboxylic acids is 1. The Morgan fingerprint density at radius 1 is 1.00 bits per heavy atom. The second kappa shape index (κ2) is 7.77. The number of piperidine rings is 1. The van der Waals surface area contributed by atoms with Crippen LogP contribution in [0.5, 0.6) is 5.75 Å². The van der Waals surface area contributed by atoms with Gasteiger partial charge in [0.05, 0.1) is 13.2 Å². The summed E-state index contributed by atoms with van der Waals surface area (Å²) in [5.74, 6) is 1.33. The van der Waals surface area contributed by atoms with E-state index in [0.717, 1.165) is 47.9 Å². The van der Waals surface area contributed by atoms with E-state index in [4.69, 9.17) is 9.47 Å². The second-order valence-corrected chi connectivity index (χ2v) is 8.30. The highest BCUT2D eigenvalue weighted by atomic mass is 16.5. The first-order chi connectivity index (χ1) is 14.7. The van der Waals surface area contributed by atoms with Crippen molar-refractivity contribution in [3.05, 3.63) is 77.4 Å². The molecule has 154 valence electrons. The van der Waals surface area contributed by atoms with Crippen molar-refractivity contribution in [1.82, 2.24) is 4.90 Å². The average Bonchev–Trinajstić information content (AvgIpc) is 2.81. The number of amides is 1. The summed E-state index contributed by atoms with van der Waals surface area (Å²) in [7, 11) is 3.45. The Kier molecular flexibility index (Phi) is 4.95. The number of carbonyl (C=O) groups is 1. The van der Waals surface area contributed by atoms with Crippen LogP contribution >= 0.6 is 0 Å². The van der Waals surface area contributed by atoms with Gasteiger partial charge in [0.1, 0.15) is 5.75 Å². The predicted molar refractivity (Wildman–Crippen MR) is 118 cm³/mol. The highest BCUT2D eigenvalue weighted by Crippen LogP contribution is 2.47. The van der Waals surface area contributed by atoms with Crippen LogP contribution in [0.1, 0.15) is 52.8 Å². The number of ether oxygens (including phenoxy) is 2. The van der Waals surface area contributed by atoms with Gasteiger partial charge in [-0.15, -0.1) is 0 Å². The Morgan fingerprint density at radius 2 is 1.83 bits per heavy atom. The van der Waals surface area contributed by atoms with E-state index in [-0.39, 0.29) is 18.1 Å². The van der Waals surface area contributed by atoms with Gasteiger partial charge >= 0.3 is 0 Å². The van der Waals surface area contributed by atoms with Gasteiger partial charge in [-0.3, -0.25) is 4.79 Å². The zero-order valence-corrected chi connectivity index (χ0v) is 17.5. The lowest BCUT2D eigenvalue weighted by atomic mass is 9.73. The molecule has 1 amide bonds. The molecule has 30 heavy (non-hydrogen) atoms. The molecule has 0 spiro atoms. The van der Waals surface area contributed by atoms with Crippen molar-refractivity contribution in [3.63, 3.8) is 0 Å². The molecule has 0 N–H and O–H groups in total. The van der Waals surface area contributed by atoms with E-state index >= 15 is 0 Å². The first kappa shape index (κ1) is 19.1. The van der Waals surface area contributed by atoms with Gasteiger partial charge in [-0.2, -0.15) is 0 Å². The van der Waals surface area contributed by atoms with Crippen molar-refractivity contribution in [1.29, 1.82) is 0 Å². The maximum Gasteiger partial charge on any atom is 0.254 e. The molecule has 0 saturated carbocycles. The lowest BCUT2D eigenvalue weighted by molar-refractivity contribution is 0.0218. The Labute approximate surface area is 177 Å². The van der Waals surface area contributed by atoms with Crippen molar-refractivity contribution < 1.29 is 14.3 Å². The molecule has 3 aromatic rings. The van der Waals surface area contributed by atoms with Gasteiger partial charge in [-0.05, 0) is 59.4 Å². The fourth-order valence-electron chi connectivity index (χ4n) is 5.40. The second-order valence-electron chi connectivity index (χ2n) is 8.30. The molecule has 5 rings (SSSR count). The summed E-state index contributed by atoms with van der Waals surface area (Å²) in [4.78, 5) is 15.8. The topological polar surface area (TPSA) is 38.8 Å². The average molecular weight is 402 g/mol. The van der Waals surface area contributed by atoms with Crippen molar-refractivity contribution in [3.8, 4) is 5.75 Å². The summed E-state index contributed by atoms with van der Waals surface area (Å²) in [6, 6.07) is 20.6. The number of fused-ring (bicyclic) bond motifs is 4. The molecule has 3 aromatic carbocycles. The molecule has 0 aromatic heterocycles. The van der Waals surface area contributed by atoms with Crippen LogP contribution in [0.2, 0.25) is 0 Å². The quantitative estimate of drug-likeness (QED) is 0.596. The van der Waals surface area contributed by atoms with E-state index in [1.54, 1.807) is 14.2 Å². The molecule has 1 saturated heterocycles. The zero-order chi connectivity index (χ0) is 20.7. The van der Waals surface area contributed by atoms with E-state index in [1.165, 1.54) is 11.1 Å². The SMILES string of the molecule is COc1ccc2c(c1)C(OC)C[C@@H]1[C@@H]2CCCN1C(=O)c1cccc2ccccc12. The predicted octanol–water partition coefficient (Wildman–Crippen LogP) is 5.33. The van der Waals surface area contributed by atoms with Gasteiger partial charge < -0.3 is 14.4 Å². The van der Waals surface area contributed by atoms with Crippen LogP contribution in [0, 0.1) is 0 Å². The summed E-state index contributed by atoms with van der Waals surface area (Å²) in [6.45, 7) is 0.797. The molecule has 1 aliphatic carbocycles. The van der Waals surface area contributed by atoms with Crippen LogP contribution in [0.3, 0.4) is 0 Å². The number of hydrogen-bond acceptors (Lipinski definition) is 3. The van der Waals surface area contributed by atoms with Crippen LogP contribution in [-0.2, 0) is 4.74 Å². The summed E-state index contributed by atoms with van der Waals surface area (Å²) >= 11 is 0. The monoisotopic (exact) mass is 401 g/mol. The Balaban J connectivity index is 1.54. The molecule has 1 heterocycles. The normalized spacial score (nSPS) is 23.0. The summed E-state index contributed by atoms with van der Waals surface area (Å²) < 4.78 is 11.3. The molecule has 2 aliphatic rings. The van der Waals surface area contributed by atoms with Crippen molar-refractivity contribution >= 4 is 16.7 Å². The Hall–Kier alpha value is -2.85. The smallest absolute Gasteiger partial charge is 0.254 e. The molecule has 3 atom stereocenters. The van der Waals surface area contributed by atoms with Crippen molar-refractivity contribution in [2.24, 2.45) is 0 Å². The van der Waals surface area contributed by atoms with E-state index in [1.807, 2.05) is 36.4 Å². The minimum Gasteiger partial charge on any atom is -0.497 e. The van der Waals surface area contributed by atoms with Gasteiger partial charge in [0.15, 0.2) is 0 Å². The fraction of sp³-hybridized carbons (Fsp3) is 0.346. The third-order valence-corrected chi connectivity index (χ3v) is 6.84. The number of benzene rings is 3. The first-order valence-corrected chi connectivity index (χ1v) is 10.7. The molecule has 1 fully saturated rings. The highest BCUT2D eigenvalue weighted by Gasteiger charge is 2.42. The van der Waals surface area contributed by atoms with Crippen molar-refractivity contribution in [2.75, 3.05) is 20.8 Å². The van der Waals surface area contributed by atoms with Gasteiger partial charge in [0.25, 0.3) is 5.91 Å². The molecule has 0 radical (unpaired) electrons. The number of likely N-dealkylation sites (tertiary alicyclic amines) is 1. The summed E-state index contributed by atoms with van der Waals surface area (Å²) in [5.41, 5.74) is 3.30. The maximum absolute atomic E-state index is 13.7. The molecule has 1 unspecified atom stereocenters. The van der Waals surface area contributed by atoms with Crippen LogP contribution in [-0.4, -0.2) is 37.6 Å². The van der Waals surface area contributed by atoms with E-state index < -0.39 is 0 Å². The van der Waals surface area contributed by atoms with Gasteiger partial charge in [-0.1, -0.05) is 42.5 Å². The van der Waals surface area contributed by atoms with E-state index in [2.05, 4.69) is 29.2 Å². The van der Waals surface area contributed by atoms with Crippen molar-refractivity contribution in [2.45, 2.75) is 37.3 Å². The van der Waals surface area contributed by atoms with Crippen LogP contribution < -0.4 is 4.74 Å². The molecule has 0 bridgehead atoms. The summed E-state index contributed by atoms with van der Waals surface area (Å²) in [5, 5.41) is 2.13. The number of methoxy groups -OCH3 is 2. The molecular weight excluding hydrogens is 374 g/mol. The van der Waals surface area contributed by atoms with Gasteiger partial charge in [0, 0.05) is 31.2 Å². The number of nitrogens with zero attached hydrogens (tertiary/aromatic N) is 1. The lowest BCUT2D eigenvalue weighted by Crippen LogP contribution is -2.50. The third-order valence-electron chi connectivity index (χ3n) is 6.84. The maximum atomic E-state index is 13.7. The van der Waals surface area contributed by atoms with Crippen LogP contribution in [0.4, 0.5) is 0 Å². The molecule has 4 heteroatoms. The minimum atomic E-state index is -0.0303. The summed E-state index contributed by atoms with van der Waals surface area (Å²) in [6.07, 6.45) is 2.90. The van der Waals surface area contributed by atoms with Gasteiger partial charge in [-0.25, -0.2) is 0 Å². The van der Waals surface area contributed by atoms with Crippen LogP contribution in [0.25, 0.3) is 10.8 Å². The highest BCUT2D eigenvalue weighted by molar-refractivity contribution is 6.07. The third kappa shape index (κ3) is 3.07. The molecule has 1 aliphatic heterocycles. The molecular formula is C26H27NO3. The first-order valence-electron chi connectivity index (χ1n) is 10.7. The zero-order valence-electron chi connectivity index (χ0n) is 17.5.